The van der Waals surface area contributed by atoms with Crippen molar-refractivity contribution in [3.8, 4) is 5.75 Å². The molecule has 2 N–H and O–H groups in total. The van der Waals surface area contributed by atoms with Gasteiger partial charge in [0.25, 0.3) is 0 Å². The van der Waals surface area contributed by atoms with Gasteiger partial charge >= 0.3 is 0 Å². The number of carbonyl (C=O) groups excluding carboxylic acids is 1. The van der Waals surface area contributed by atoms with Crippen molar-refractivity contribution in [3.63, 3.8) is 0 Å². The number of hydrogen-bond acceptors (Lipinski definition) is 3. The second-order valence-electron chi connectivity index (χ2n) is 7.85. The third-order valence-corrected chi connectivity index (χ3v) is 4.99. The molecule has 25 heavy (non-hydrogen) atoms. The smallest absolute Gasteiger partial charge is 0.220 e. The highest BCUT2D eigenvalue weighted by atomic mass is 16.5. The Labute approximate surface area is 152 Å². The number of benzene rings is 1. The van der Waals surface area contributed by atoms with E-state index in [1.807, 2.05) is 31.2 Å². The van der Waals surface area contributed by atoms with E-state index in [0.717, 1.165) is 31.0 Å². The van der Waals surface area contributed by atoms with E-state index in [-0.39, 0.29) is 11.9 Å². The molecule has 3 atom stereocenters. The summed E-state index contributed by atoms with van der Waals surface area (Å²) in [6.07, 6.45) is 3.05. The van der Waals surface area contributed by atoms with Crippen LogP contribution in [0.25, 0.3) is 0 Å². The van der Waals surface area contributed by atoms with Crippen LogP contribution in [0.4, 0.5) is 0 Å². The zero-order valence-electron chi connectivity index (χ0n) is 16.2. The molecule has 0 bridgehead atoms. The quantitative estimate of drug-likeness (QED) is 0.750. The number of nitrogens with one attached hydrogen (secondary N) is 2. The van der Waals surface area contributed by atoms with Gasteiger partial charge in [-0.05, 0) is 68.3 Å². The monoisotopic (exact) mass is 346 g/mol. The minimum atomic E-state index is 0.0170. The van der Waals surface area contributed by atoms with Crippen molar-refractivity contribution in [2.24, 2.45) is 17.8 Å². The zero-order chi connectivity index (χ0) is 18.2. The van der Waals surface area contributed by atoms with Gasteiger partial charge in [0.15, 0.2) is 0 Å². The summed E-state index contributed by atoms with van der Waals surface area (Å²) in [5.41, 5.74) is 1.11. The van der Waals surface area contributed by atoms with Crippen LogP contribution in [0.5, 0.6) is 5.75 Å². The summed E-state index contributed by atoms with van der Waals surface area (Å²) in [5.74, 6) is 2.58. The molecule has 1 aromatic rings. The highest BCUT2D eigenvalue weighted by Gasteiger charge is 2.22. The van der Waals surface area contributed by atoms with Crippen molar-refractivity contribution in [3.05, 3.63) is 29.8 Å². The molecule has 0 radical (unpaired) electrons. The van der Waals surface area contributed by atoms with Crippen molar-refractivity contribution in [1.29, 1.82) is 0 Å². The first-order chi connectivity index (χ1) is 12.0. The number of ether oxygens (including phenoxy) is 1. The lowest BCUT2D eigenvalue weighted by molar-refractivity contribution is -0.123. The Balaban J connectivity index is 1.79. The first-order valence-electron chi connectivity index (χ1n) is 9.68. The lowest BCUT2D eigenvalue weighted by Crippen LogP contribution is -2.36. The third kappa shape index (κ3) is 6.69. The predicted octanol–water partition coefficient (Wildman–Crippen LogP) is 3.92. The third-order valence-electron chi connectivity index (χ3n) is 4.99. The zero-order valence-corrected chi connectivity index (χ0v) is 16.2. The lowest BCUT2D eigenvalue weighted by atomic mass is 9.85. The summed E-state index contributed by atoms with van der Waals surface area (Å²) in [6.45, 7) is 11.4. The molecule has 2 rings (SSSR count). The molecule has 1 fully saturated rings. The molecular weight excluding hydrogens is 312 g/mol. The molecule has 0 aromatic heterocycles. The summed E-state index contributed by atoms with van der Waals surface area (Å²) < 4.78 is 5.71. The maximum atomic E-state index is 12.4. The fraction of sp³-hybridized carbons (Fsp3) is 0.667. The van der Waals surface area contributed by atoms with Crippen LogP contribution in [-0.2, 0) is 4.79 Å². The van der Waals surface area contributed by atoms with Gasteiger partial charge in [0.2, 0.25) is 5.91 Å². The van der Waals surface area contributed by atoms with Gasteiger partial charge in [-0.25, -0.2) is 0 Å². The van der Waals surface area contributed by atoms with E-state index in [1.165, 1.54) is 12.8 Å². The Bertz CT molecular complexity index is 521. The number of carbonyl (C=O) groups is 1. The van der Waals surface area contributed by atoms with Crippen LogP contribution in [0.1, 0.15) is 58.6 Å². The molecule has 1 aliphatic rings. The molecule has 3 unspecified atom stereocenters. The van der Waals surface area contributed by atoms with E-state index >= 15 is 0 Å². The van der Waals surface area contributed by atoms with Crippen LogP contribution in [0, 0.1) is 17.8 Å². The second kappa shape index (κ2) is 9.81. The molecule has 0 aliphatic carbocycles. The minimum Gasteiger partial charge on any atom is -0.493 e. The molecule has 1 aliphatic heterocycles. The first kappa shape index (κ1) is 19.8. The summed E-state index contributed by atoms with van der Waals surface area (Å²) >= 11 is 0. The standard InChI is InChI=1S/C21H34N2O2/c1-15(2)14-25-20-9-7-18(8-10-20)17(4)23-21(24)12-16(3)19-6-5-11-22-13-19/h7-10,15-17,19,22H,5-6,11-14H2,1-4H3,(H,23,24). The number of rotatable bonds is 8. The molecule has 1 heterocycles. The van der Waals surface area contributed by atoms with Gasteiger partial charge in [0, 0.05) is 6.42 Å². The molecule has 4 heteroatoms. The SMILES string of the molecule is CC(C)COc1ccc(C(C)NC(=O)CC(C)C2CCCNC2)cc1. The van der Waals surface area contributed by atoms with Crippen LogP contribution in [-0.4, -0.2) is 25.6 Å². The Morgan fingerprint density at radius 1 is 1.24 bits per heavy atom. The van der Waals surface area contributed by atoms with E-state index in [4.69, 9.17) is 4.74 Å². The van der Waals surface area contributed by atoms with E-state index in [2.05, 4.69) is 31.4 Å². The van der Waals surface area contributed by atoms with Crippen LogP contribution in [0.2, 0.25) is 0 Å². The van der Waals surface area contributed by atoms with Gasteiger partial charge < -0.3 is 15.4 Å². The molecule has 1 saturated heterocycles. The van der Waals surface area contributed by atoms with Gasteiger partial charge in [-0.15, -0.1) is 0 Å². The number of piperidine rings is 1. The average Bonchev–Trinajstić information content (AvgIpc) is 2.61. The van der Waals surface area contributed by atoms with Gasteiger partial charge in [0.05, 0.1) is 12.6 Å². The van der Waals surface area contributed by atoms with Crippen LogP contribution < -0.4 is 15.4 Å². The molecule has 1 aromatic carbocycles. The Hall–Kier alpha value is -1.55. The van der Waals surface area contributed by atoms with E-state index in [9.17, 15) is 4.79 Å². The lowest BCUT2D eigenvalue weighted by Gasteiger charge is -2.28. The van der Waals surface area contributed by atoms with Crippen molar-refractivity contribution in [1.82, 2.24) is 10.6 Å². The number of hydrogen-bond donors (Lipinski definition) is 2. The maximum absolute atomic E-state index is 12.4. The molecule has 0 saturated carbocycles. The second-order valence-corrected chi connectivity index (χ2v) is 7.85. The fourth-order valence-corrected chi connectivity index (χ4v) is 3.32. The highest BCUT2D eigenvalue weighted by Crippen LogP contribution is 2.23. The molecular formula is C21H34N2O2. The molecule has 140 valence electrons. The van der Waals surface area contributed by atoms with Gasteiger partial charge in [-0.1, -0.05) is 32.9 Å². The highest BCUT2D eigenvalue weighted by molar-refractivity contribution is 5.76. The maximum Gasteiger partial charge on any atom is 0.220 e. The number of amides is 1. The van der Waals surface area contributed by atoms with Crippen molar-refractivity contribution >= 4 is 5.91 Å². The molecule has 1 amide bonds. The largest absolute Gasteiger partial charge is 0.493 e. The minimum absolute atomic E-state index is 0.0170. The van der Waals surface area contributed by atoms with E-state index in [1.54, 1.807) is 0 Å². The van der Waals surface area contributed by atoms with Crippen molar-refractivity contribution in [2.45, 2.75) is 53.0 Å². The Morgan fingerprint density at radius 3 is 2.56 bits per heavy atom. The van der Waals surface area contributed by atoms with Crippen LogP contribution >= 0.6 is 0 Å². The van der Waals surface area contributed by atoms with Crippen molar-refractivity contribution < 1.29 is 9.53 Å². The first-order valence-corrected chi connectivity index (χ1v) is 9.68. The van der Waals surface area contributed by atoms with E-state index in [0.29, 0.717) is 24.2 Å². The van der Waals surface area contributed by atoms with Crippen LogP contribution in [0.15, 0.2) is 24.3 Å². The summed E-state index contributed by atoms with van der Waals surface area (Å²) in [7, 11) is 0. The molecule has 4 nitrogen and oxygen atoms in total. The predicted molar refractivity (Wildman–Crippen MR) is 103 cm³/mol. The van der Waals surface area contributed by atoms with E-state index < -0.39 is 0 Å². The van der Waals surface area contributed by atoms with Crippen LogP contribution in [0.3, 0.4) is 0 Å². The normalized spacial score (nSPS) is 20.1. The average molecular weight is 347 g/mol. The molecule has 0 spiro atoms. The van der Waals surface area contributed by atoms with Gasteiger partial charge in [0.1, 0.15) is 5.75 Å². The Morgan fingerprint density at radius 2 is 1.96 bits per heavy atom. The van der Waals surface area contributed by atoms with Crippen molar-refractivity contribution in [2.75, 3.05) is 19.7 Å². The fourth-order valence-electron chi connectivity index (χ4n) is 3.32. The summed E-state index contributed by atoms with van der Waals surface area (Å²) in [6, 6.07) is 8.06. The van der Waals surface area contributed by atoms with Gasteiger partial charge in [-0.3, -0.25) is 4.79 Å². The van der Waals surface area contributed by atoms with Gasteiger partial charge in [-0.2, -0.15) is 0 Å². The Kier molecular flexibility index (Phi) is 7.76. The summed E-state index contributed by atoms with van der Waals surface area (Å²) in [4.78, 5) is 12.4. The topological polar surface area (TPSA) is 50.4 Å². The summed E-state index contributed by atoms with van der Waals surface area (Å²) in [5, 5.41) is 6.57.